The lowest BCUT2D eigenvalue weighted by atomic mass is 10.1. The molecule has 1 aromatic carbocycles. The van der Waals surface area contributed by atoms with Crippen molar-refractivity contribution >= 4 is 23.5 Å². The number of anilines is 2. The number of para-hydroxylation sites is 1. The average molecular weight is 358 g/mol. The fourth-order valence-corrected chi connectivity index (χ4v) is 2.39. The van der Waals surface area contributed by atoms with Crippen LogP contribution in [-0.4, -0.2) is 40.6 Å². The molecule has 0 spiro atoms. The van der Waals surface area contributed by atoms with Crippen molar-refractivity contribution in [2.75, 3.05) is 24.3 Å². The second kappa shape index (κ2) is 8.80. The Morgan fingerprint density at radius 2 is 1.88 bits per heavy atom. The molecule has 0 aliphatic rings. The van der Waals surface area contributed by atoms with E-state index in [1.54, 1.807) is 6.07 Å². The normalized spacial score (nSPS) is 10.3. The first kappa shape index (κ1) is 19.2. The van der Waals surface area contributed by atoms with Gasteiger partial charge < -0.3 is 20.5 Å². The number of carbonyl (C=O) groups excluding carboxylic acids is 2. The number of esters is 1. The topological polar surface area (TPSA) is 113 Å². The van der Waals surface area contributed by atoms with E-state index in [2.05, 4.69) is 25.3 Å². The quantitative estimate of drug-likeness (QED) is 0.396. The Morgan fingerprint density at radius 1 is 1.19 bits per heavy atom. The zero-order valence-electron chi connectivity index (χ0n) is 15.0. The first-order valence-electron chi connectivity index (χ1n) is 8.17. The molecule has 3 N–H and O–H groups in total. The zero-order valence-corrected chi connectivity index (χ0v) is 15.0. The standard InChI is InChI=1S/C18H22N4O4/c1-11-10-12(2)21-18(20-11)19-9-5-8-15(23)22-14-7-4-6-13(16(14)24)17(25)26-3/h4,6-7,10,24H,5,8-9H2,1-3H3,(H,22,23)(H,19,20,21). The third-order valence-electron chi connectivity index (χ3n) is 3.56. The molecule has 0 saturated carbocycles. The molecule has 138 valence electrons. The highest BCUT2D eigenvalue weighted by Gasteiger charge is 2.15. The molecule has 8 nitrogen and oxygen atoms in total. The van der Waals surface area contributed by atoms with Crippen LogP contribution in [0.4, 0.5) is 11.6 Å². The first-order chi connectivity index (χ1) is 12.4. The van der Waals surface area contributed by atoms with E-state index >= 15 is 0 Å². The molecule has 0 saturated heterocycles. The van der Waals surface area contributed by atoms with E-state index < -0.39 is 5.97 Å². The van der Waals surface area contributed by atoms with Crippen molar-refractivity contribution in [3.05, 3.63) is 41.2 Å². The molecule has 0 atom stereocenters. The van der Waals surface area contributed by atoms with Gasteiger partial charge in [-0.15, -0.1) is 0 Å². The minimum atomic E-state index is -0.670. The van der Waals surface area contributed by atoms with E-state index in [0.29, 0.717) is 18.9 Å². The van der Waals surface area contributed by atoms with Crippen LogP contribution in [0.2, 0.25) is 0 Å². The van der Waals surface area contributed by atoms with Gasteiger partial charge in [0.15, 0.2) is 5.75 Å². The van der Waals surface area contributed by atoms with Gasteiger partial charge in [-0.25, -0.2) is 14.8 Å². The number of aromatic hydroxyl groups is 1. The van der Waals surface area contributed by atoms with Gasteiger partial charge >= 0.3 is 5.97 Å². The Balaban J connectivity index is 1.85. The molecule has 0 radical (unpaired) electrons. The number of methoxy groups -OCH3 is 1. The van der Waals surface area contributed by atoms with Gasteiger partial charge in [0.25, 0.3) is 0 Å². The Bertz CT molecular complexity index is 788. The number of nitrogens with one attached hydrogen (secondary N) is 2. The SMILES string of the molecule is COC(=O)c1cccc(NC(=O)CCCNc2nc(C)cc(C)n2)c1O. The van der Waals surface area contributed by atoms with Crippen LogP contribution in [0.25, 0.3) is 0 Å². The number of aromatic nitrogens is 2. The maximum Gasteiger partial charge on any atom is 0.341 e. The molecule has 0 unspecified atom stereocenters. The highest BCUT2D eigenvalue weighted by molar-refractivity contribution is 5.98. The predicted octanol–water partition coefficient (Wildman–Crippen LogP) is 2.42. The Morgan fingerprint density at radius 3 is 2.54 bits per heavy atom. The van der Waals surface area contributed by atoms with Gasteiger partial charge in [0.1, 0.15) is 5.56 Å². The smallest absolute Gasteiger partial charge is 0.341 e. The summed E-state index contributed by atoms with van der Waals surface area (Å²) >= 11 is 0. The number of nitrogens with zero attached hydrogens (tertiary/aromatic N) is 2. The summed E-state index contributed by atoms with van der Waals surface area (Å²) in [5.41, 5.74) is 1.92. The van der Waals surface area contributed by atoms with Gasteiger partial charge in [-0.2, -0.15) is 0 Å². The monoisotopic (exact) mass is 358 g/mol. The maximum atomic E-state index is 12.0. The van der Waals surface area contributed by atoms with Crippen molar-refractivity contribution in [2.45, 2.75) is 26.7 Å². The number of amides is 1. The van der Waals surface area contributed by atoms with Gasteiger partial charge in [-0.05, 0) is 38.5 Å². The van der Waals surface area contributed by atoms with Crippen LogP contribution >= 0.6 is 0 Å². The van der Waals surface area contributed by atoms with E-state index in [1.165, 1.54) is 19.2 Å². The fraction of sp³-hybridized carbons (Fsp3) is 0.333. The number of aryl methyl sites for hydroxylation is 2. The minimum Gasteiger partial charge on any atom is -0.505 e. The van der Waals surface area contributed by atoms with Crippen LogP contribution < -0.4 is 10.6 Å². The molecule has 1 aromatic heterocycles. The third-order valence-corrected chi connectivity index (χ3v) is 3.56. The average Bonchev–Trinajstić information content (AvgIpc) is 2.59. The van der Waals surface area contributed by atoms with Crippen molar-refractivity contribution in [1.29, 1.82) is 0 Å². The van der Waals surface area contributed by atoms with Crippen molar-refractivity contribution < 1.29 is 19.4 Å². The summed E-state index contributed by atoms with van der Waals surface area (Å²) in [7, 11) is 1.22. The van der Waals surface area contributed by atoms with Crippen molar-refractivity contribution in [2.24, 2.45) is 0 Å². The summed E-state index contributed by atoms with van der Waals surface area (Å²) in [6.45, 7) is 4.31. The highest BCUT2D eigenvalue weighted by atomic mass is 16.5. The molecule has 0 aliphatic heterocycles. The number of hydrogen-bond acceptors (Lipinski definition) is 7. The van der Waals surface area contributed by atoms with Crippen LogP contribution in [0.1, 0.15) is 34.6 Å². The van der Waals surface area contributed by atoms with E-state index in [4.69, 9.17) is 0 Å². The lowest BCUT2D eigenvalue weighted by Crippen LogP contribution is -2.15. The lowest BCUT2D eigenvalue weighted by Gasteiger charge is -2.10. The largest absolute Gasteiger partial charge is 0.505 e. The zero-order chi connectivity index (χ0) is 19.1. The van der Waals surface area contributed by atoms with Gasteiger partial charge in [-0.3, -0.25) is 4.79 Å². The van der Waals surface area contributed by atoms with E-state index in [0.717, 1.165) is 11.4 Å². The molecule has 0 aliphatic carbocycles. The Hall–Kier alpha value is -3.16. The predicted molar refractivity (Wildman–Crippen MR) is 97.3 cm³/mol. The lowest BCUT2D eigenvalue weighted by molar-refractivity contribution is -0.116. The third kappa shape index (κ3) is 5.17. The number of carbonyl (C=O) groups is 2. The van der Waals surface area contributed by atoms with Crippen molar-refractivity contribution in [3.63, 3.8) is 0 Å². The van der Waals surface area contributed by atoms with Gasteiger partial charge in [0.05, 0.1) is 12.8 Å². The summed E-state index contributed by atoms with van der Waals surface area (Å²) in [5.74, 6) is -0.720. The number of hydrogen-bond donors (Lipinski definition) is 3. The molecule has 1 amide bonds. The molecular weight excluding hydrogens is 336 g/mol. The summed E-state index contributed by atoms with van der Waals surface area (Å²) in [5, 5.41) is 15.7. The number of ether oxygens (including phenoxy) is 1. The highest BCUT2D eigenvalue weighted by Crippen LogP contribution is 2.28. The number of benzene rings is 1. The van der Waals surface area contributed by atoms with E-state index in [9.17, 15) is 14.7 Å². The second-order valence-corrected chi connectivity index (χ2v) is 5.75. The van der Waals surface area contributed by atoms with Crippen LogP contribution in [0.3, 0.4) is 0 Å². The number of rotatable bonds is 7. The second-order valence-electron chi connectivity index (χ2n) is 5.75. The molecule has 0 bridgehead atoms. The Labute approximate surface area is 151 Å². The Kier molecular flexibility index (Phi) is 6.48. The summed E-state index contributed by atoms with van der Waals surface area (Å²) < 4.78 is 4.58. The summed E-state index contributed by atoms with van der Waals surface area (Å²) in [6, 6.07) is 6.37. The molecule has 0 fully saturated rings. The van der Waals surface area contributed by atoms with E-state index in [-0.39, 0.29) is 29.3 Å². The van der Waals surface area contributed by atoms with Gasteiger partial charge in [0, 0.05) is 24.4 Å². The van der Waals surface area contributed by atoms with Crippen LogP contribution in [0.5, 0.6) is 5.75 Å². The first-order valence-corrected chi connectivity index (χ1v) is 8.17. The molecule has 8 heteroatoms. The molecule has 26 heavy (non-hydrogen) atoms. The van der Waals surface area contributed by atoms with Crippen molar-refractivity contribution in [3.8, 4) is 5.75 Å². The summed E-state index contributed by atoms with van der Waals surface area (Å²) in [6.07, 6.45) is 0.791. The van der Waals surface area contributed by atoms with Gasteiger partial charge in [0.2, 0.25) is 11.9 Å². The fourth-order valence-electron chi connectivity index (χ4n) is 2.39. The van der Waals surface area contributed by atoms with Gasteiger partial charge in [-0.1, -0.05) is 6.07 Å². The summed E-state index contributed by atoms with van der Waals surface area (Å²) in [4.78, 5) is 32.1. The molecule has 2 aromatic rings. The van der Waals surface area contributed by atoms with E-state index in [1.807, 2.05) is 19.9 Å². The van der Waals surface area contributed by atoms with Crippen LogP contribution in [0.15, 0.2) is 24.3 Å². The molecule has 1 heterocycles. The molecular formula is C18H22N4O4. The van der Waals surface area contributed by atoms with Crippen molar-refractivity contribution in [1.82, 2.24) is 9.97 Å². The van der Waals surface area contributed by atoms with Crippen LogP contribution in [-0.2, 0) is 9.53 Å². The van der Waals surface area contributed by atoms with Crippen LogP contribution in [0, 0.1) is 13.8 Å². The number of phenolic OH excluding ortho intramolecular Hbond substituents is 1. The minimum absolute atomic E-state index is 0.000988. The number of phenols is 1. The molecule has 2 rings (SSSR count). The maximum absolute atomic E-state index is 12.0.